The van der Waals surface area contributed by atoms with E-state index in [9.17, 15) is 18.0 Å². The number of nitrogen functional groups attached to an aromatic ring is 1. The number of alkyl halides is 3. The van der Waals surface area contributed by atoms with E-state index in [4.69, 9.17) is 26.0 Å². The van der Waals surface area contributed by atoms with Crippen LogP contribution in [0.1, 0.15) is 22.8 Å². The number of carboxylic acids is 1. The van der Waals surface area contributed by atoms with E-state index in [1.807, 2.05) is 0 Å². The van der Waals surface area contributed by atoms with Crippen LogP contribution < -0.4 is 20.9 Å². The van der Waals surface area contributed by atoms with Gasteiger partial charge in [0.2, 0.25) is 17.9 Å². The van der Waals surface area contributed by atoms with Gasteiger partial charge in [-0.1, -0.05) is 24.3 Å². The average molecular weight is 543 g/mol. The molecule has 0 fully saturated rings. The number of ether oxygens (including phenoxy) is 2. The van der Waals surface area contributed by atoms with Gasteiger partial charge in [0.05, 0.1) is 24.7 Å². The van der Waals surface area contributed by atoms with Gasteiger partial charge in [-0.05, 0) is 42.7 Å². The molecular formula is C26H25F3N6O4. The number of rotatable bonds is 9. The average Bonchev–Trinajstić information content (AvgIpc) is 3.32. The third kappa shape index (κ3) is 6.44. The molecule has 2 heterocycles. The highest BCUT2D eigenvalue weighted by Gasteiger charge is 2.45. The molecule has 0 bridgehead atoms. The van der Waals surface area contributed by atoms with Gasteiger partial charge < -0.3 is 26.0 Å². The standard InChI is InChI=1S/C26H25F3N6O4/c1-14-12-32-35(13-14)21-8-7-17(38-2)10-18(21)23(26(27,28)29)39-22-11-20(33-25(31)34-22)16-5-3-15(4-6-16)9-19(30)24(36)37/h3-8,10-13,19,23H,9,30H2,1-2H3,(H,36,37)(H2,31,33,34)/t19?,23-/m0/s1. The predicted molar refractivity (Wildman–Crippen MR) is 135 cm³/mol. The summed E-state index contributed by atoms with van der Waals surface area (Å²) in [5.74, 6) is -1.64. The van der Waals surface area contributed by atoms with E-state index < -0.39 is 30.2 Å². The summed E-state index contributed by atoms with van der Waals surface area (Å²) in [5.41, 5.74) is 13.4. The second-order valence-corrected chi connectivity index (χ2v) is 8.72. The maximum atomic E-state index is 14.4. The number of aryl methyl sites for hydroxylation is 1. The maximum absolute atomic E-state index is 14.4. The fraction of sp³-hybridized carbons (Fsp3) is 0.231. The summed E-state index contributed by atoms with van der Waals surface area (Å²) in [6.07, 6.45) is -4.09. The fourth-order valence-corrected chi connectivity index (χ4v) is 3.85. The minimum atomic E-state index is -4.85. The van der Waals surface area contributed by atoms with E-state index in [1.54, 1.807) is 37.4 Å². The van der Waals surface area contributed by atoms with Gasteiger partial charge in [-0.15, -0.1) is 0 Å². The van der Waals surface area contributed by atoms with Gasteiger partial charge in [-0.25, -0.2) is 9.67 Å². The topological polar surface area (TPSA) is 151 Å². The number of anilines is 1. The molecule has 0 aliphatic heterocycles. The first kappa shape index (κ1) is 27.4. The van der Waals surface area contributed by atoms with Crippen molar-refractivity contribution in [1.82, 2.24) is 19.7 Å². The van der Waals surface area contributed by atoms with Crippen LogP contribution in [0.3, 0.4) is 0 Å². The molecule has 1 unspecified atom stereocenters. The van der Waals surface area contributed by atoms with Gasteiger partial charge in [0.25, 0.3) is 0 Å². The Morgan fingerprint density at radius 3 is 2.44 bits per heavy atom. The number of nitrogens with two attached hydrogens (primary N) is 2. The number of carbonyl (C=O) groups is 1. The first-order valence-corrected chi connectivity index (χ1v) is 11.6. The Labute approximate surface area is 221 Å². The Kier molecular flexibility index (Phi) is 7.72. The second-order valence-electron chi connectivity index (χ2n) is 8.72. The Hall–Kier alpha value is -4.65. The van der Waals surface area contributed by atoms with E-state index in [-0.39, 0.29) is 35.1 Å². The van der Waals surface area contributed by atoms with Crippen LogP contribution in [0.15, 0.2) is 60.9 Å². The summed E-state index contributed by atoms with van der Waals surface area (Å²) in [4.78, 5) is 19.0. The second kappa shape index (κ2) is 11.0. The van der Waals surface area contributed by atoms with Crippen LogP contribution in [-0.4, -0.2) is 50.2 Å². The quantitative estimate of drug-likeness (QED) is 0.286. The number of benzene rings is 2. The van der Waals surface area contributed by atoms with Crippen molar-refractivity contribution in [2.24, 2.45) is 5.73 Å². The molecule has 13 heteroatoms. The summed E-state index contributed by atoms with van der Waals surface area (Å²) >= 11 is 0. The van der Waals surface area contributed by atoms with Crippen molar-refractivity contribution in [2.75, 3.05) is 12.8 Å². The Balaban J connectivity index is 1.71. The molecule has 204 valence electrons. The summed E-state index contributed by atoms with van der Waals surface area (Å²) in [6, 6.07) is 10.9. The van der Waals surface area contributed by atoms with E-state index in [0.717, 1.165) is 5.56 Å². The van der Waals surface area contributed by atoms with Crippen molar-refractivity contribution in [3.8, 4) is 28.6 Å². The Bertz CT molecular complexity index is 1470. The number of hydrogen-bond acceptors (Lipinski definition) is 8. The van der Waals surface area contributed by atoms with E-state index in [1.165, 1.54) is 42.3 Å². The lowest BCUT2D eigenvalue weighted by atomic mass is 10.0. The maximum Gasteiger partial charge on any atom is 0.429 e. The molecule has 0 saturated carbocycles. The van der Waals surface area contributed by atoms with Crippen LogP contribution >= 0.6 is 0 Å². The number of hydrogen-bond donors (Lipinski definition) is 3. The third-order valence-corrected chi connectivity index (χ3v) is 5.75. The molecule has 0 spiro atoms. The van der Waals surface area contributed by atoms with Crippen LogP contribution in [0.25, 0.3) is 16.9 Å². The number of aliphatic carboxylic acids is 1. The molecule has 0 aliphatic rings. The van der Waals surface area contributed by atoms with Crippen molar-refractivity contribution in [3.63, 3.8) is 0 Å². The van der Waals surface area contributed by atoms with Gasteiger partial charge in [-0.2, -0.15) is 23.3 Å². The van der Waals surface area contributed by atoms with Crippen LogP contribution in [0, 0.1) is 6.92 Å². The molecule has 0 saturated heterocycles. The molecule has 4 rings (SSSR count). The summed E-state index contributed by atoms with van der Waals surface area (Å²) < 4.78 is 55.2. The van der Waals surface area contributed by atoms with Crippen molar-refractivity contribution >= 4 is 11.9 Å². The van der Waals surface area contributed by atoms with E-state index >= 15 is 0 Å². The lowest BCUT2D eigenvalue weighted by Gasteiger charge is -2.24. The fourth-order valence-electron chi connectivity index (χ4n) is 3.85. The lowest BCUT2D eigenvalue weighted by Crippen LogP contribution is -2.32. The van der Waals surface area contributed by atoms with Crippen molar-refractivity contribution < 1.29 is 32.5 Å². The number of halogens is 3. The number of nitrogens with zero attached hydrogens (tertiary/aromatic N) is 4. The minimum Gasteiger partial charge on any atom is -0.497 e. The predicted octanol–water partition coefficient (Wildman–Crippen LogP) is 3.87. The van der Waals surface area contributed by atoms with Crippen LogP contribution in [0.4, 0.5) is 19.1 Å². The molecule has 2 aromatic heterocycles. The third-order valence-electron chi connectivity index (χ3n) is 5.75. The van der Waals surface area contributed by atoms with Crippen LogP contribution in [0.2, 0.25) is 0 Å². The normalized spacial score (nSPS) is 13.1. The molecule has 2 atom stereocenters. The van der Waals surface area contributed by atoms with E-state index in [2.05, 4.69) is 15.1 Å². The van der Waals surface area contributed by atoms with Gasteiger partial charge in [0, 0.05) is 23.4 Å². The highest BCUT2D eigenvalue weighted by molar-refractivity contribution is 5.73. The van der Waals surface area contributed by atoms with E-state index in [0.29, 0.717) is 11.1 Å². The van der Waals surface area contributed by atoms with Gasteiger partial charge >= 0.3 is 12.1 Å². The van der Waals surface area contributed by atoms with Crippen molar-refractivity contribution in [1.29, 1.82) is 0 Å². The van der Waals surface area contributed by atoms with Gasteiger partial charge in [-0.3, -0.25) is 4.79 Å². The van der Waals surface area contributed by atoms with Crippen LogP contribution in [0.5, 0.6) is 11.6 Å². The summed E-state index contributed by atoms with van der Waals surface area (Å²) in [5, 5.41) is 13.1. The molecule has 2 aromatic carbocycles. The highest BCUT2D eigenvalue weighted by atomic mass is 19.4. The minimum absolute atomic E-state index is 0.0990. The van der Waals surface area contributed by atoms with Crippen LogP contribution in [-0.2, 0) is 11.2 Å². The molecule has 5 N–H and O–H groups in total. The Morgan fingerprint density at radius 1 is 1.13 bits per heavy atom. The summed E-state index contributed by atoms with van der Waals surface area (Å²) in [7, 11) is 1.35. The molecule has 0 radical (unpaired) electrons. The number of carboxylic acid groups (broad SMARTS) is 1. The zero-order chi connectivity index (χ0) is 28.3. The number of aromatic nitrogens is 4. The highest BCUT2D eigenvalue weighted by Crippen LogP contribution is 2.40. The largest absolute Gasteiger partial charge is 0.497 e. The van der Waals surface area contributed by atoms with Gasteiger partial charge in [0.1, 0.15) is 11.8 Å². The monoisotopic (exact) mass is 542 g/mol. The zero-order valence-electron chi connectivity index (χ0n) is 20.9. The molecule has 10 nitrogen and oxygen atoms in total. The molecular weight excluding hydrogens is 517 g/mol. The Morgan fingerprint density at radius 2 is 1.85 bits per heavy atom. The molecule has 0 amide bonds. The van der Waals surface area contributed by atoms with Gasteiger partial charge in [0.15, 0.2) is 0 Å². The molecule has 0 aliphatic carbocycles. The first-order valence-electron chi connectivity index (χ1n) is 11.6. The lowest BCUT2D eigenvalue weighted by molar-refractivity contribution is -0.198. The molecule has 39 heavy (non-hydrogen) atoms. The molecule has 4 aromatic rings. The van der Waals surface area contributed by atoms with Crippen molar-refractivity contribution in [3.05, 3.63) is 77.6 Å². The van der Waals surface area contributed by atoms with Crippen molar-refractivity contribution in [2.45, 2.75) is 31.7 Å². The first-order chi connectivity index (χ1) is 18.4. The number of methoxy groups -OCH3 is 1. The SMILES string of the molecule is COc1ccc(-n2cc(C)cn2)c([C@H](Oc2cc(-c3ccc(CC(N)C(=O)O)cc3)nc(N)n2)C(F)(F)F)c1. The smallest absolute Gasteiger partial charge is 0.429 e. The summed E-state index contributed by atoms with van der Waals surface area (Å²) in [6.45, 7) is 1.77. The zero-order valence-corrected chi connectivity index (χ0v) is 20.9.